The van der Waals surface area contributed by atoms with Gasteiger partial charge in [0.1, 0.15) is 31.3 Å². The van der Waals surface area contributed by atoms with E-state index in [4.69, 9.17) is 14.6 Å². The van der Waals surface area contributed by atoms with E-state index in [0.717, 1.165) is 33.3 Å². The first kappa shape index (κ1) is 31.0. The van der Waals surface area contributed by atoms with Crippen molar-refractivity contribution in [1.82, 2.24) is 4.57 Å². The summed E-state index contributed by atoms with van der Waals surface area (Å²) < 4.78 is 52.6. The Morgan fingerprint density at radius 3 is 2.21 bits per heavy atom. The van der Waals surface area contributed by atoms with Gasteiger partial charge in [-0.05, 0) is 60.7 Å². The lowest BCUT2D eigenvalue weighted by molar-refractivity contribution is -0.138. The fourth-order valence-electron chi connectivity index (χ4n) is 4.77. The van der Waals surface area contributed by atoms with Crippen LogP contribution in [-0.4, -0.2) is 39.9 Å². The van der Waals surface area contributed by atoms with Crippen LogP contribution in [0.15, 0.2) is 66.7 Å². The molecule has 0 spiro atoms. The average Bonchev–Trinajstić information content (AvgIpc) is 3.21. The average molecular weight is 594 g/mol. The highest BCUT2D eigenvalue weighted by Gasteiger charge is 2.18. The Bertz CT molecular complexity index is 1650. The number of carbonyl (C=O) groups is 2. The molecule has 1 aromatic heterocycles. The fraction of sp³-hybridized carbons (Fsp3) is 0.212. The summed E-state index contributed by atoms with van der Waals surface area (Å²) in [5.41, 5.74) is 4.25. The number of aliphatic carboxylic acids is 2. The fourth-order valence-corrected chi connectivity index (χ4v) is 4.77. The van der Waals surface area contributed by atoms with Gasteiger partial charge in [0.15, 0.2) is 17.4 Å². The van der Waals surface area contributed by atoms with Crippen LogP contribution in [0.25, 0.3) is 23.1 Å². The van der Waals surface area contributed by atoms with Crippen molar-refractivity contribution < 1.29 is 42.4 Å². The Balaban J connectivity index is 1.40. The van der Waals surface area contributed by atoms with Crippen molar-refractivity contribution >= 4 is 35.0 Å². The Morgan fingerprint density at radius 2 is 1.56 bits per heavy atom. The van der Waals surface area contributed by atoms with Crippen molar-refractivity contribution in [1.29, 1.82) is 0 Å². The van der Waals surface area contributed by atoms with Gasteiger partial charge in [-0.15, -0.1) is 0 Å². The van der Waals surface area contributed by atoms with Crippen molar-refractivity contribution in [3.05, 3.63) is 107 Å². The Kier molecular flexibility index (Phi) is 10.3. The van der Waals surface area contributed by atoms with Crippen molar-refractivity contribution in [2.24, 2.45) is 0 Å². The number of hydrogen-bond donors (Lipinski definition) is 2. The maximum absolute atomic E-state index is 13.6. The second-order valence-electron chi connectivity index (χ2n) is 9.73. The molecule has 0 amide bonds. The van der Waals surface area contributed by atoms with E-state index in [1.807, 2.05) is 49.4 Å². The van der Waals surface area contributed by atoms with Gasteiger partial charge >= 0.3 is 11.9 Å². The van der Waals surface area contributed by atoms with E-state index in [1.165, 1.54) is 6.08 Å². The van der Waals surface area contributed by atoms with E-state index in [9.17, 15) is 27.9 Å². The molecule has 3 aromatic carbocycles. The molecule has 0 aliphatic carbocycles. The summed E-state index contributed by atoms with van der Waals surface area (Å²) in [6.45, 7) is 1.71. The van der Waals surface area contributed by atoms with Crippen LogP contribution in [-0.2, 0) is 22.6 Å². The molecule has 7 nitrogen and oxygen atoms in total. The molecule has 224 valence electrons. The van der Waals surface area contributed by atoms with Gasteiger partial charge in [-0.1, -0.05) is 42.5 Å². The summed E-state index contributed by atoms with van der Waals surface area (Å²) in [5, 5.41) is 19.5. The number of ether oxygens (including phenoxy) is 2. The summed E-state index contributed by atoms with van der Waals surface area (Å²) in [4.78, 5) is 22.7. The number of halogens is 3. The topological polar surface area (TPSA) is 98.0 Å². The normalized spacial score (nSPS) is 11.5. The molecule has 0 bridgehead atoms. The molecule has 0 unspecified atom stereocenters. The number of aromatic nitrogens is 1. The van der Waals surface area contributed by atoms with Crippen LogP contribution in [0.4, 0.5) is 13.2 Å². The van der Waals surface area contributed by atoms with E-state index < -0.39 is 35.1 Å². The van der Waals surface area contributed by atoms with Crippen molar-refractivity contribution in [3.63, 3.8) is 0 Å². The molecule has 0 saturated heterocycles. The van der Waals surface area contributed by atoms with Crippen LogP contribution in [0.3, 0.4) is 0 Å². The highest BCUT2D eigenvalue weighted by Crippen LogP contribution is 2.31. The molecule has 2 N–H and O–H groups in total. The van der Waals surface area contributed by atoms with Gasteiger partial charge in [0.05, 0.1) is 5.52 Å². The van der Waals surface area contributed by atoms with E-state index in [0.29, 0.717) is 30.7 Å². The highest BCUT2D eigenvalue weighted by atomic mass is 19.1. The number of hydrogen-bond acceptors (Lipinski definition) is 4. The molecular weight excluding hydrogens is 563 g/mol. The zero-order chi connectivity index (χ0) is 30.9. The standard InChI is InChI=1S/C33H30F3NO6/c1-21-26(7-5-9-30(38)39)27-8-4-6-23(32(27)37(21)20-31(40)41)13-10-22-11-14-25(15-12-22)42-16-2-3-17-43-33-28(35)18-24(34)19-29(33)36/h2-4,6,8,10-15,18-19H,5,7,9,16-17,20H2,1H3,(H,38,39)(H,40,41). The third-order valence-corrected chi connectivity index (χ3v) is 6.75. The minimum atomic E-state index is -1.12. The molecule has 0 radical (unpaired) electrons. The maximum Gasteiger partial charge on any atom is 0.323 e. The third kappa shape index (κ3) is 8.06. The SMILES string of the molecule is Cc1c(CCCC(=O)O)c2cccc(C=Cc3ccc(OCC=CCOc4c(F)cc(F)cc4F)cc3)c2n1CC(=O)O. The van der Waals surface area contributed by atoms with Gasteiger partial charge in [-0.25, -0.2) is 13.2 Å². The number of fused-ring (bicyclic) bond motifs is 1. The molecule has 0 atom stereocenters. The van der Waals surface area contributed by atoms with Gasteiger partial charge in [-0.2, -0.15) is 0 Å². The summed E-state index contributed by atoms with van der Waals surface area (Å²) in [6, 6.07) is 14.1. The van der Waals surface area contributed by atoms with Gasteiger partial charge in [0, 0.05) is 29.6 Å². The minimum absolute atomic E-state index is 0.0367. The minimum Gasteiger partial charge on any atom is -0.490 e. The quantitative estimate of drug-likeness (QED) is 0.120. The predicted molar refractivity (Wildman–Crippen MR) is 157 cm³/mol. The number of para-hydroxylation sites is 1. The number of carboxylic acid groups (broad SMARTS) is 2. The number of carboxylic acids is 2. The molecule has 0 aliphatic rings. The van der Waals surface area contributed by atoms with E-state index in [-0.39, 0.29) is 26.2 Å². The van der Waals surface area contributed by atoms with Crippen molar-refractivity contribution in [3.8, 4) is 11.5 Å². The lowest BCUT2D eigenvalue weighted by atomic mass is 10.0. The summed E-state index contributed by atoms with van der Waals surface area (Å²) >= 11 is 0. The lowest BCUT2D eigenvalue weighted by Gasteiger charge is -2.08. The smallest absolute Gasteiger partial charge is 0.323 e. The number of nitrogens with zero attached hydrogens (tertiary/aromatic N) is 1. The Hall–Kier alpha value is -4.99. The highest BCUT2D eigenvalue weighted by molar-refractivity contribution is 5.95. The molecule has 43 heavy (non-hydrogen) atoms. The molecule has 0 aliphatic heterocycles. The van der Waals surface area contributed by atoms with Crippen LogP contribution in [0.1, 0.15) is 35.2 Å². The molecule has 0 saturated carbocycles. The van der Waals surface area contributed by atoms with Crippen molar-refractivity contribution in [2.45, 2.75) is 32.7 Å². The van der Waals surface area contributed by atoms with Crippen LogP contribution < -0.4 is 9.47 Å². The zero-order valence-corrected chi connectivity index (χ0v) is 23.4. The molecule has 0 fully saturated rings. The first-order valence-electron chi connectivity index (χ1n) is 13.5. The Labute approximate surface area is 246 Å². The molecular formula is C33H30F3NO6. The van der Waals surface area contributed by atoms with E-state index >= 15 is 0 Å². The molecule has 10 heteroatoms. The summed E-state index contributed by atoms with van der Waals surface area (Å²) in [6.07, 6.45) is 7.99. The van der Waals surface area contributed by atoms with E-state index in [2.05, 4.69) is 0 Å². The third-order valence-electron chi connectivity index (χ3n) is 6.75. The first-order chi connectivity index (χ1) is 20.6. The first-order valence-corrected chi connectivity index (χ1v) is 13.5. The van der Waals surface area contributed by atoms with Gasteiger partial charge in [-0.3, -0.25) is 9.59 Å². The molecule has 4 aromatic rings. The monoisotopic (exact) mass is 593 g/mol. The van der Waals surface area contributed by atoms with Gasteiger partial charge in [0.2, 0.25) is 0 Å². The summed E-state index contributed by atoms with van der Waals surface area (Å²) in [5.74, 6) is -5.14. The maximum atomic E-state index is 13.6. The van der Waals surface area contributed by atoms with Crippen molar-refractivity contribution in [2.75, 3.05) is 13.2 Å². The Morgan fingerprint density at radius 1 is 0.884 bits per heavy atom. The molecule has 1 heterocycles. The van der Waals surface area contributed by atoms with Crippen LogP contribution in [0, 0.1) is 24.4 Å². The predicted octanol–water partition coefficient (Wildman–Crippen LogP) is 7.04. The summed E-state index contributed by atoms with van der Waals surface area (Å²) in [7, 11) is 0. The number of benzene rings is 3. The van der Waals surface area contributed by atoms with Crippen LogP contribution in [0.2, 0.25) is 0 Å². The van der Waals surface area contributed by atoms with Crippen LogP contribution >= 0.6 is 0 Å². The number of rotatable bonds is 14. The molecule has 4 rings (SSSR count). The second kappa shape index (κ2) is 14.3. The second-order valence-corrected chi connectivity index (χ2v) is 9.73. The van der Waals surface area contributed by atoms with E-state index in [1.54, 1.807) is 22.8 Å². The van der Waals surface area contributed by atoms with Gasteiger partial charge < -0.3 is 24.3 Å². The van der Waals surface area contributed by atoms with Gasteiger partial charge in [0.25, 0.3) is 0 Å². The lowest BCUT2D eigenvalue weighted by Crippen LogP contribution is -2.10. The number of aryl methyl sites for hydroxylation is 1. The largest absolute Gasteiger partial charge is 0.490 e. The van der Waals surface area contributed by atoms with Crippen LogP contribution in [0.5, 0.6) is 11.5 Å². The zero-order valence-electron chi connectivity index (χ0n) is 23.4.